The van der Waals surface area contributed by atoms with Crippen LogP contribution in [0.3, 0.4) is 0 Å². The summed E-state index contributed by atoms with van der Waals surface area (Å²) in [6.07, 6.45) is 7.48. The zero-order valence-corrected chi connectivity index (χ0v) is 23.3. The number of para-hydroxylation sites is 1. The van der Waals surface area contributed by atoms with Gasteiger partial charge in [-0.1, -0.05) is 66.6 Å². The summed E-state index contributed by atoms with van der Waals surface area (Å²) < 4.78 is 11.8. The van der Waals surface area contributed by atoms with Gasteiger partial charge in [-0.3, -0.25) is 9.80 Å². The molecule has 1 spiro atoms. The van der Waals surface area contributed by atoms with Gasteiger partial charge in [0.05, 0.1) is 7.11 Å². The van der Waals surface area contributed by atoms with Crippen LogP contribution in [0.15, 0.2) is 72.8 Å². The quantitative estimate of drug-likeness (QED) is 0.371. The normalized spacial score (nSPS) is 19.1. The first-order chi connectivity index (χ1) is 18.6. The number of nitrogens with zero attached hydrogens (tertiary/aromatic N) is 2. The number of ether oxygens (including phenoxy) is 2. The van der Waals surface area contributed by atoms with Crippen LogP contribution in [0.4, 0.5) is 0 Å². The molecule has 2 heterocycles. The Bertz CT molecular complexity index is 1150. The van der Waals surface area contributed by atoms with E-state index < -0.39 is 0 Å². The summed E-state index contributed by atoms with van der Waals surface area (Å²) in [5.41, 5.74) is 5.86. The maximum atomic E-state index is 6.36. The molecule has 38 heavy (non-hydrogen) atoms. The number of aryl methyl sites for hydroxylation is 2. The van der Waals surface area contributed by atoms with Crippen LogP contribution < -0.4 is 9.47 Å². The largest absolute Gasteiger partial charge is 0.497 e. The van der Waals surface area contributed by atoms with Gasteiger partial charge in [0.25, 0.3) is 0 Å². The SMILES string of the molecule is COc1ccc(CN2CCOc3ccccc3CCCCC3(CCN(Cc4cccc(C)c4)CC3)C2)cc1. The summed E-state index contributed by atoms with van der Waals surface area (Å²) in [4.78, 5) is 5.32. The van der Waals surface area contributed by atoms with Gasteiger partial charge in [0, 0.05) is 26.2 Å². The minimum atomic E-state index is 0.369. The molecule has 0 aliphatic carbocycles. The summed E-state index contributed by atoms with van der Waals surface area (Å²) >= 11 is 0. The van der Waals surface area contributed by atoms with Crippen LogP contribution in [-0.4, -0.2) is 49.7 Å². The minimum Gasteiger partial charge on any atom is -0.497 e. The molecule has 0 N–H and O–H groups in total. The topological polar surface area (TPSA) is 24.9 Å². The molecule has 0 unspecified atom stereocenters. The molecule has 1 fully saturated rings. The van der Waals surface area contributed by atoms with E-state index in [4.69, 9.17) is 9.47 Å². The molecule has 4 heteroatoms. The van der Waals surface area contributed by atoms with E-state index in [1.165, 1.54) is 67.4 Å². The number of piperidine rings is 1. The molecule has 4 nitrogen and oxygen atoms in total. The van der Waals surface area contributed by atoms with E-state index in [1.54, 1.807) is 7.11 Å². The number of methoxy groups -OCH3 is 1. The zero-order valence-electron chi connectivity index (χ0n) is 23.3. The highest BCUT2D eigenvalue weighted by molar-refractivity contribution is 5.33. The molecular weight excluding hydrogens is 468 g/mol. The maximum Gasteiger partial charge on any atom is 0.122 e. The Morgan fingerprint density at radius 1 is 0.789 bits per heavy atom. The lowest BCUT2D eigenvalue weighted by Crippen LogP contribution is -2.46. The van der Waals surface area contributed by atoms with Gasteiger partial charge in [0.15, 0.2) is 0 Å². The van der Waals surface area contributed by atoms with E-state index in [9.17, 15) is 0 Å². The van der Waals surface area contributed by atoms with Crippen molar-refractivity contribution in [2.45, 2.75) is 58.5 Å². The van der Waals surface area contributed by atoms with Gasteiger partial charge < -0.3 is 9.47 Å². The van der Waals surface area contributed by atoms with Crippen molar-refractivity contribution >= 4 is 0 Å². The predicted octanol–water partition coefficient (Wildman–Crippen LogP) is 6.89. The lowest BCUT2D eigenvalue weighted by atomic mass is 9.73. The molecule has 3 aromatic carbocycles. The number of fused-ring (bicyclic) bond motifs is 1. The average Bonchev–Trinajstić information content (AvgIpc) is 2.93. The van der Waals surface area contributed by atoms with Crippen molar-refractivity contribution in [3.63, 3.8) is 0 Å². The average molecular weight is 513 g/mol. The number of likely N-dealkylation sites (tertiary alicyclic amines) is 1. The van der Waals surface area contributed by atoms with Crippen LogP contribution in [0.2, 0.25) is 0 Å². The Hall–Kier alpha value is -2.82. The Morgan fingerprint density at radius 3 is 2.37 bits per heavy atom. The van der Waals surface area contributed by atoms with Crippen LogP contribution in [0.1, 0.15) is 54.4 Å². The number of rotatable bonds is 5. The molecule has 202 valence electrons. The van der Waals surface area contributed by atoms with E-state index in [2.05, 4.69) is 89.5 Å². The summed E-state index contributed by atoms with van der Waals surface area (Å²) in [6, 6.07) is 26.2. The van der Waals surface area contributed by atoms with Crippen molar-refractivity contribution in [2.75, 3.05) is 39.9 Å². The van der Waals surface area contributed by atoms with Crippen molar-refractivity contribution in [1.29, 1.82) is 0 Å². The molecule has 3 aromatic rings. The summed E-state index contributed by atoms with van der Waals surface area (Å²) in [6.45, 7) is 9.38. The Balaban J connectivity index is 1.31. The minimum absolute atomic E-state index is 0.369. The Labute approximate surface area is 229 Å². The van der Waals surface area contributed by atoms with Gasteiger partial charge >= 0.3 is 0 Å². The van der Waals surface area contributed by atoms with Gasteiger partial charge in [-0.15, -0.1) is 0 Å². The molecule has 0 saturated carbocycles. The van der Waals surface area contributed by atoms with Crippen LogP contribution in [-0.2, 0) is 19.5 Å². The second-order valence-corrected chi connectivity index (χ2v) is 11.5. The molecule has 0 aromatic heterocycles. The number of hydrogen-bond acceptors (Lipinski definition) is 4. The first-order valence-corrected chi connectivity index (χ1v) is 14.4. The van der Waals surface area contributed by atoms with Crippen molar-refractivity contribution < 1.29 is 9.47 Å². The van der Waals surface area contributed by atoms with E-state index >= 15 is 0 Å². The molecule has 2 aliphatic rings. The zero-order chi connectivity index (χ0) is 26.2. The highest BCUT2D eigenvalue weighted by atomic mass is 16.5. The molecule has 2 aliphatic heterocycles. The van der Waals surface area contributed by atoms with Crippen molar-refractivity contribution in [3.05, 3.63) is 95.1 Å². The number of hydrogen-bond donors (Lipinski definition) is 0. The van der Waals surface area contributed by atoms with Gasteiger partial charge in [0.2, 0.25) is 0 Å². The third-order valence-corrected chi connectivity index (χ3v) is 8.57. The third kappa shape index (κ3) is 7.18. The van der Waals surface area contributed by atoms with Gasteiger partial charge in [0.1, 0.15) is 18.1 Å². The monoisotopic (exact) mass is 512 g/mol. The lowest BCUT2D eigenvalue weighted by molar-refractivity contribution is 0.0410. The third-order valence-electron chi connectivity index (χ3n) is 8.57. The maximum absolute atomic E-state index is 6.36. The van der Waals surface area contributed by atoms with E-state index in [1.807, 2.05) is 0 Å². The molecule has 1 saturated heterocycles. The second kappa shape index (κ2) is 12.8. The second-order valence-electron chi connectivity index (χ2n) is 11.5. The van der Waals surface area contributed by atoms with Crippen LogP contribution in [0.25, 0.3) is 0 Å². The fourth-order valence-electron chi connectivity index (χ4n) is 6.37. The van der Waals surface area contributed by atoms with Crippen LogP contribution in [0.5, 0.6) is 11.5 Å². The Morgan fingerprint density at radius 2 is 1.58 bits per heavy atom. The van der Waals surface area contributed by atoms with Crippen molar-refractivity contribution in [3.8, 4) is 11.5 Å². The fraction of sp³-hybridized carbons (Fsp3) is 0.471. The van der Waals surface area contributed by atoms with Crippen molar-refractivity contribution in [1.82, 2.24) is 9.80 Å². The number of benzene rings is 3. The van der Waals surface area contributed by atoms with E-state index in [0.29, 0.717) is 5.41 Å². The van der Waals surface area contributed by atoms with Crippen LogP contribution in [0, 0.1) is 12.3 Å². The highest BCUT2D eigenvalue weighted by Crippen LogP contribution is 2.39. The highest BCUT2D eigenvalue weighted by Gasteiger charge is 2.36. The smallest absolute Gasteiger partial charge is 0.122 e. The lowest BCUT2D eigenvalue weighted by Gasteiger charge is -2.45. The van der Waals surface area contributed by atoms with Gasteiger partial charge in [-0.2, -0.15) is 0 Å². The summed E-state index contributed by atoms with van der Waals surface area (Å²) in [5, 5.41) is 0. The van der Waals surface area contributed by atoms with Gasteiger partial charge in [-0.25, -0.2) is 0 Å². The molecule has 0 radical (unpaired) electrons. The van der Waals surface area contributed by atoms with Crippen molar-refractivity contribution in [2.24, 2.45) is 5.41 Å². The summed E-state index contributed by atoms with van der Waals surface area (Å²) in [7, 11) is 1.73. The summed E-state index contributed by atoms with van der Waals surface area (Å²) in [5.74, 6) is 1.98. The molecule has 5 rings (SSSR count). The first kappa shape index (κ1) is 26.8. The molecule has 0 amide bonds. The van der Waals surface area contributed by atoms with Crippen LogP contribution >= 0.6 is 0 Å². The standard InChI is InChI=1S/C34H44N2O2/c1-28-8-7-9-30(24-28)26-35-20-18-34(19-21-35)17-6-5-11-31-10-3-4-12-33(31)38-23-22-36(27-34)25-29-13-15-32(37-2)16-14-29/h3-4,7-10,12-16,24H,5-6,11,17-23,25-27H2,1-2H3. The molecular formula is C34H44N2O2. The Kier molecular flexibility index (Phi) is 9.03. The molecule has 0 bridgehead atoms. The molecule has 0 atom stereocenters. The first-order valence-electron chi connectivity index (χ1n) is 14.4. The van der Waals surface area contributed by atoms with E-state index in [0.717, 1.165) is 50.7 Å². The fourth-order valence-corrected chi connectivity index (χ4v) is 6.37. The van der Waals surface area contributed by atoms with E-state index in [-0.39, 0.29) is 0 Å². The predicted molar refractivity (Wildman–Crippen MR) is 156 cm³/mol. The van der Waals surface area contributed by atoms with Gasteiger partial charge in [-0.05, 0) is 92.4 Å².